The number of nitrogens with zero attached hydrogens (tertiary/aromatic N) is 6. The lowest BCUT2D eigenvalue weighted by Gasteiger charge is -2.14. The van der Waals surface area contributed by atoms with Crippen LogP contribution in [0.2, 0.25) is 0 Å². The lowest BCUT2D eigenvalue weighted by atomic mass is 10.2. The van der Waals surface area contributed by atoms with Crippen LogP contribution in [0.25, 0.3) is 16.9 Å². The van der Waals surface area contributed by atoms with Crippen LogP contribution in [0.15, 0.2) is 55.2 Å². The van der Waals surface area contributed by atoms with E-state index < -0.39 is 0 Å². The van der Waals surface area contributed by atoms with Crippen LogP contribution in [-0.4, -0.2) is 24.1 Å². The average molecular weight is 347 g/mol. The van der Waals surface area contributed by atoms with Crippen molar-refractivity contribution in [2.24, 2.45) is 0 Å². The normalized spacial score (nSPS) is 13.5. The van der Waals surface area contributed by atoms with E-state index in [0.29, 0.717) is 6.54 Å². The summed E-state index contributed by atoms with van der Waals surface area (Å²) in [7, 11) is 0. The monoisotopic (exact) mass is 347 g/mol. The number of nitrogens with one attached hydrogen (secondary N) is 1. The van der Waals surface area contributed by atoms with E-state index in [1.54, 1.807) is 6.20 Å². The molecule has 4 aromatic rings. The van der Waals surface area contributed by atoms with Gasteiger partial charge in [0.15, 0.2) is 5.69 Å². The Morgan fingerprint density at radius 2 is 2.12 bits per heavy atom. The van der Waals surface area contributed by atoms with E-state index in [-0.39, 0.29) is 0 Å². The van der Waals surface area contributed by atoms with E-state index in [0.717, 1.165) is 35.0 Å². The number of fused-ring (bicyclic) bond motifs is 2. The van der Waals surface area contributed by atoms with Crippen LogP contribution in [0.3, 0.4) is 0 Å². The van der Waals surface area contributed by atoms with Crippen molar-refractivity contribution in [3.05, 3.63) is 60.8 Å². The molecule has 0 spiro atoms. The molecular formula is C18H19N8+. The van der Waals surface area contributed by atoms with Gasteiger partial charge in [0.1, 0.15) is 5.65 Å². The smallest absolute Gasteiger partial charge is 0.212 e. The number of aromatic nitrogens is 5. The summed E-state index contributed by atoms with van der Waals surface area (Å²) in [6, 6.07) is 8.25. The second-order valence-electron chi connectivity index (χ2n) is 6.28. The third kappa shape index (κ3) is 2.52. The molecule has 5 rings (SSSR count). The molecular weight excluding hydrogens is 328 g/mol. The van der Waals surface area contributed by atoms with Crippen molar-refractivity contribution in [2.75, 3.05) is 5.01 Å². The van der Waals surface area contributed by atoms with Gasteiger partial charge in [0.2, 0.25) is 5.82 Å². The summed E-state index contributed by atoms with van der Waals surface area (Å²) in [5, 5.41) is 6.40. The standard InChI is InChI=1S/C18H18N8/c1-2-25-12-14(9-20-25)15-4-5-16-18(21-15)26(23-22-16)11-13-3-6-17-19-7-8-24(17)10-13/h3-10,12,22-23H,2,11H2,1H3/p+1. The summed E-state index contributed by atoms with van der Waals surface area (Å²) in [4.78, 5) is 9.15. The van der Waals surface area contributed by atoms with Crippen LogP contribution in [0.4, 0.5) is 11.5 Å². The molecule has 1 aliphatic rings. The number of anilines is 1. The van der Waals surface area contributed by atoms with Crippen molar-refractivity contribution >= 4 is 17.2 Å². The molecule has 0 bridgehead atoms. The first-order valence-corrected chi connectivity index (χ1v) is 8.62. The highest BCUT2D eigenvalue weighted by Crippen LogP contribution is 2.27. The van der Waals surface area contributed by atoms with Gasteiger partial charge in [0, 0.05) is 43.0 Å². The Bertz CT molecular complexity index is 1080. The maximum Gasteiger partial charge on any atom is 0.212 e. The fraction of sp³-hybridized carbons (Fsp3) is 0.167. The van der Waals surface area contributed by atoms with Gasteiger partial charge in [0.25, 0.3) is 0 Å². The second-order valence-corrected chi connectivity index (χ2v) is 6.28. The van der Waals surface area contributed by atoms with E-state index in [9.17, 15) is 0 Å². The van der Waals surface area contributed by atoms with Gasteiger partial charge < -0.3 is 4.40 Å². The van der Waals surface area contributed by atoms with Crippen molar-refractivity contribution in [1.29, 1.82) is 0 Å². The molecule has 0 saturated heterocycles. The molecule has 1 aliphatic heterocycles. The van der Waals surface area contributed by atoms with E-state index in [1.807, 2.05) is 45.2 Å². The van der Waals surface area contributed by atoms with Crippen LogP contribution in [0.1, 0.15) is 12.5 Å². The lowest BCUT2D eigenvalue weighted by molar-refractivity contribution is -0.626. The summed E-state index contributed by atoms with van der Waals surface area (Å²) < 4.78 is 3.94. The maximum absolute atomic E-state index is 4.86. The lowest BCUT2D eigenvalue weighted by Crippen LogP contribution is -2.87. The number of pyridine rings is 2. The Kier molecular flexibility index (Phi) is 3.44. The summed E-state index contributed by atoms with van der Waals surface area (Å²) in [6.45, 7) is 3.63. The molecule has 4 aromatic heterocycles. The highest BCUT2D eigenvalue weighted by atomic mass is 15.7. The summed E-state index contributed by atoms with van der Waals surface area (Å²) in [5.41, 5.74) is 10.5. The molecule has 26 heavy (non-hydrogen) atoms. The fourth-order valence-corrected chi connectivity index (χ4v) is 3.19. The first-order chi connectivity index (χ1) is 12.8. The van der Waals surface area contributed by atoms with Crippen molar-refractivity contribution in [1.82, 2.24) is 29.7 Å². The molecule has 0 radical (unpaired) electrons. The van der Waals surface area contributed by atoms with Gasteiger partial charge in [-0.05, 0) is 24.6 Å². The fourth-order valence-electron chi connectivity index (χ4n) is 3.19. The number of hydrogen-bond acceptors (Lipinski definition) is 5. The SMILES string of the molecule is CCn1cc(-c2ccc3c(n2)N(Cc2ccc4nccn4c2)N[NH2+]3)cn1. The minimum atomic E-state index is 0.711. The van der Waals surface area contributed by atoms with Crippen molar-refractivity contribution in [2.45, 2.75) is 20.0 Å². The Balaban J connectivity index is 1.45. The number of hydrazine groups is 1. The number of rotatable bonds is 4. The minimum absolute atomic E-state index is 0.711. The van der Waals surface area contributed by atoms with Crippen molar-refractivity contribution in [3.63, 3.8) is 0 Å². The molecule has 3 N–H and O–H groups in total. The van der Waals surface area contributed by atoms with Crippen LogP contribution in [0.5, 0.6) is 0 Å². The van der Waals surface area contributed by atoms with Gasteiger partial charge in [-0.15, -0.1) is 0 Å². The molecule has 0 unspecified atom stereocenters. The Morgan fingerprint density at radius 1 is 1.15 bits per heavy atom. The van der Waals surface area contributed by atoms with Gasteiger partial charge in [-0.2, -0.15) is 5.10 Å². The third-order valence-corrected chi connectivity index (χ3v) is 4.58. The van der Waals surface area contributed by atoms with Crippen molar-refractivity contribution < 1.29 is 5.43 Å². The first-order valence-electron chi connectivity index (χ1n) is 8.62. The average Bonchev–Trinajstić information content (AvgIpc) is 3.40. The Hall–Kier alpha value is -3.23. The zero-order valence-electron chi connectivity index (χ0n) is 14.4. The van der Waals surface area contributed by atoms with E-state index in [2.05, 4.69) is 45.9 Å². The zero-order chi connectivity index (χ0) is 17.5. The Morgan fingerprint density at radius 3 is 3.00 bits per heavy atom. The zero-order valence-corrected chi connectivity index (χ0v) is 14.4. The molecule has 130 valence electrons. The second kappa shape index (κ2) is 5.94. The van der Waals surface area contributed by atoms with Gasteiger partial charge in [0.05, 0.1) is 18.4 Å². The summed E-state index contributed by atoms with van der Waals surface area (Å²) in [6.07, 6.45) is 9.75. The highest BCUT2D eigenvalue weighted by Gasteiger charge is 2.25. The molecule has 0 amide bonds. The number of quaternary nitrogens is 1. The number of nitrogens with two attached hydrogens (primary N) is 1. The van der Waals surface area contributed by atoms with E-state index >= 15 is 0 Å². The predicted molar refractivity (Wildman–Crippen MR) is 97.2 cm³/mol. The first kappa shape index (κ1) is 15.1. The molecule has 5 heterocycles. The minimum Gasteiger partial charge on any atom is -0.307 e. The van der Waals surface area contributed by atoms with Crippen molar-refractivity contribution in [3.8, 4) is 11.3 Å². The van der Waals surface area contributed by atoms with Crippen LogP contribution < -0.4 is 16.0 Å². The molecule has 8 nitrogen and oxygen atoms in total. The van der Waals surface area contributed by atoms with Crippen LogP contribution in [0, 0.1) is 0 Å². The van der Waals surface area contributed by atoms with Crippen LogP contribution >= 0.6 is 0 Å². The highest BCUT2D eigenvalue weighted by molar-refractivity contribution is 5.67. The molecule has 0 fully saturated rings. The third-order valence-electron chi connectivity index (χ3n) is 4.58. The summed E-state index contributed by atoms with van der Waals surface area (Å²) in [5.74, 6) is 0.928. The van der Waals surface area contributed by atoms with Gasteiger partial charge >= 0.3 is 0 Å². The molecule has 0 saturated carbocycles. The number of aryl methyl sites for hydroxylation is 1. The summed E-state index contributed by atoms with van der Waals surface area (Å²) >= 11 is 0. The Labute approximate surface area is 150 Å². The maximum atomic E-state index is 4.86. The molecule has 0 aliphatic carbocycles. The van der Waals surface area contributed by atoms with Gasteiger partial charge in [-0.1, -0.05) is 11.6 Å². The quantitative estimate of drug-likeness (QED) is 0.543. The topological polar surface area (TPSA) is 79.9 Å². The number of hydrogen-bond donors (Lipinski definition) is 2. The molecule has 0 aromatic carbocycles. The largest absolute Gasteiger partial charge is 0.307 e. The van der Waals surface area contributed by atoms with Crippen LogP contribution in [-0.2, 0) is 13.1 Å². The number of imidazole rings is 1. The van der Waals surface area contributed by atoms with Gasteiger partial charge in [-0.25, -0.2) is 20.4 Å². The molecule has 8 heteroatoms. The predicted octanol–water partition coefficient (Wildman–Crippen LogP) is 1.25. The molecule has 0 atom stereocenters. The van der Waals surface area contributed by atoms with E-state index in [1.165, 1.54) is 5.56 Å². The van der Waals surface area contributed by atoms with E-state index in [4.69, 9.17) is 4.98 Å². The van der Waals surface area contributed by atoms with Gasteiger partial charge in [-0.3, -0.25) is 4.68 Å².